The Morgan fingerprint density at radius 2 is 2.10 bits per heavy atom. The van der Waals surface area contributed by atoms with Crippen molar-refractivity contribution in [3.8, 4) is 0 Å². The Bertz CT molecular complexity index is 723. The molecule has 0 spiro atoms. The van der Waals surface area contributed by atoms with Crippen LogP contribution in [0.15, 0.2) is 29.4 Å². The number of aromatic nitrogens is 2. The Kier molecular flexibility index (Phi) is 3.68. The van der Waals surface area contributed by atoms with Gasteiger partial charge in [0.05, 0.1) is 0 Å². The average molecular weight is 316 g/mol. The molecule has 108 valence electrons. The number of pyridine rings is 1. The Hall–Kier alpha value is -1.15. The van der Waals surface area contributed by atoms with Crippen LogP contribution in [0, 0.1) is 0 Å². The first-order chi connectivity index (χ1) is 9.58. The summed E-state index contributed by atoms with van der Waals surface area (Å²) in [7, 11) is -3.71. The summed E-state index contributed by atoms with van der Waals surface area (Å²) in [5.41, 5.74) is 0.504. The van der Waals surface area contributed by atoms with Gasteiger partial charge in [-0.25, -0.2) is 18.1 Å². The van der Waals surface area contributed by atoms with E-state index in [1.165, 1.54) is 4.40 Å². The minimum Gasteiger partial charge on any atom is -0.381 e. The molecule has 1 aliphatic rings. The Morgan fingerprint density at radius 1 is 1.35 bits per heavy atom. The van der Waals surface area contributed by atoms with Crippen molar-refractivity contribution in [3.05, 3.63) is 29.5 Å². The summed E-state index contributed by atoms with van der Waals surface area (Å²) in [5.74, 6) is 0. The van der Waals surface area contributed by atoms with E-state index in [1.54, 1.807) is 24.4 Å². The fourth-order valence-corrected chi connectivity index (χ4v) is 4.22. The molecule has 1 fully saturated rings. The third-order valence-electron chi connectivity index (χ3n) is 3.24. The van der Waals surface area contributed by atoms with Crippen molar-refractivity contribution in [1.29, 1.82) is 0 Å². The van der Waals surface area contributed by atoms with Crippen molar-refractivity contribution >= 4 is 27.3 Å². The van der Waals surface area contributed by atoms with E-state index in [0.717, 1.165) is 0 Å². The molecular weight excluding hydrogens is 302 g/mol. The number of imidazole rings is 1. The van der Waals surface area contributed by atoms with Crippen LogP contribution < -0.4 is 4.72 Å². The minimum atomic E-state index is -3.71. The van der Waals surface area contributed by atoms with Crippen LogP contribution in [-0.2, 0) is 14.8 Å². The van der Waals surface area contributed by atoms with Crippen LogP contribution in [0.1, 0.15) is 12.8 Å². The van der Waals surface area contributed by atoms with Gasteiger partial charge in [0.15, 0.2) is 10.2 Å². The van der Waals surface area contributed by atoms with Gasteiger partial charge in [-0.15, -0.1) is 0 Å². The summed E-state index contributed by atoms with van der Waals surface area (Å²) in [6, 6.07) is 5.10. The molecule has 2 aromatic rings. The van der Waals surface area contributed by atoms with Crippen LogP contribution >= 0.6 is 11.6 Å². The predicted octanol–water partition coefficient (Wildman–Crippen LogP) is 1.44. The number of halogens is 1. The third kappa shape index (κ3) is 2.54. The number of nitrogens with zero attached hydrogens (tertiary/aromatic N) is 2. The maximum absolute atomic E-state index is 12.5. The second-order valence-corrected chi connectivity index (χ2v) is 6.63. The first kappa shape index (κ1) is 13.8. The van der Waals surface area contributed by atoms with Crippen molar-refractivity contribution in [2.45, 2.75) is 23.9 Å². The molecule has 0 bridgehead atoms. The topological polar surface area (TPSA) is 72.7 Å². The Labute approximate surface area is 121 Å². The van der Waals surface area contributed by atoms with Gasteiger partial charge in [-0.2, -0.15) is 0 Å². The van der Waals surface area contributed by atoms with Gasteiger partial charge in [0, 0.05) is 25.5 Å². The Balaban J connectivity index is 1.98. The average Bonchev–Trinajstić information content (AvgIpc) is 2.75. The lowest BCUT2D eigenvalue weighted by atomic mass is 10.1. The fourth-order valence-electron chi connectivity index (χ4n) is 2.28. The van der Waals surface area contributed by atoms with Gasteiger partial charge in [0.25, 0.3) is 10.0 Å². The van der Waals surface area contributed by atoms with Crippen molar-refractivity contribution in [1.82, 2.24) is 14.1 Å². The lowest BCUT2D eigenvalue weighted by Crippen LogP contribution is -2.39. The molecule has 0 aliphatic carbocycles. The highest BCUT2D eigenvalue weighted by Gasteiger charge is 2.28. The van der Waals surface area contributed by atoms with Crippen molar-refractivity contribution in [2.75, 3.05) is 13.2 Å². The quantitative estimate of drug-likeness (QED) is 0.930. The summed E-state index contributed by atoms with van der Waals surface area (Å²) in [6.07, 6.45) is 2.95. The molecule has 1 aliphatic heterocycles. The molecule has 20 heavy (non-hydrogen) atoms. The molecule has 1 saturated heterocycles. The molecule has 0 atom stereocenters. The molecule has 0 radical (unpaired) electrons. The zero-order chi connectivity index (χ0) is 14.2. The standard InChI is InChI=1S/C12H14ClN3O3S/c13-11-12(16-6-2-1-3-10(16)14-11)20(17,18)15-9-4-7-19-8-5-9/h1-3,6,9,15H,4-5,7-8H2. The van der Waals surface area contributed by atoms with E-state index >= 15 is 0 Å². The minimum absolute atomic E-state index is 0.0127. The second kappa shape index (κ2) is 5.33. The van der Waals surface area contributed by atoms with E-state index in [9.17, 15) is 8.42 Å². The van der Waals surface area contributed by atoms with Gasteiger partial charge in [0.1, 0.15) is 5.65 Å². The number of ether oxygens (including phenoxy) is 1. The van der Waals surface area contributed by atoms with E-state index in [-0.39, 0.29) is 16.2 Å². The number of hydrogen-bond donors (Lipinski definition) is 1. The van der Waals surface area contributed by atoms with Crippen LogP contribution in [0.3, 0.4) is 0 Å². The van der Waals surface area contributed by atoms with Gasteiger partial charge >= 0.3 is 0 Å². The van der Waals surface area contributed by atoms with Gasteiger partial charge < -0.3 is 4.74 Å². The molecule has 3 rings (SSSR count). The first-order valence-electron chi connectivity index (χ1n) is 6.30. The molecule has 6 nitrogen and oxygen atoms in total. The fraction of sp³-hybridized carbons (Fsp3) is 0.417. The maximum Gasteiger partial charge on any atom is 0.260 e. The number of nitrogens with one attached hydrogen (secondary N) is 1. The van der Waals surface area contributed by atoms with E-state index in [0.29, 0.717) is 31.7 Å². The molecular formula is C12H14ClN3O3S. The van der Waals surface area contributed by atoms with Crippen LogP contribution in [0.2, 0.25) is 5.15 Å². The van der Waals surface area contributed by atoms with Crippen LogP contribution in [-0.4, -0.2) is 37.1 Å². The number of fused-ring (bicyclic) bond motifs is 1. The molecule has 1 N–H and O–H groups in total. The molecule has 3 heterocycles. The van der Waals surface area contributed by atoms with Crippen molar-refractivity contribution in [3.63, 3.8) is 0 Å². The third-order valence-corrected chi connectivity index (χ3v) is 5.16. The molecule has 0 saturated carbocycles. The number of rotatable bonds is 3. The maximum atomic E-state index is 12.5. The summed E-state index contributed by atoms with van der Waals surface area (Å²) >= 11 is 5.99. The Morgan fingerprint density at radius 3 is 2.85 bits per heavy atom. The smallest absolute Gasteiger partial charge is 0.260 e. The van der Waals surface area contributed by atoms with Gasteiger partial charge in [-0.3, -0.25) is 4.40 Å². The van der Waals surface area contributed by atoms with Gasteiger partial charge in [-0.1, -0.05) is 17.7 Å². The first-order valence-corrected chi connectivity index (χ1v) is 8.17. The normalized spacial score (nSPS) is 17.6. The van der Waals surface area contributed by atoms with Crippen LogP contribution in [0.25, 0.3) is 5.65 Å². The largest absolute Gasteiger partial charge is 0.381 e. The SMILES string of the molecule is O=S(=O)(NC1CCOCC1)c1c(Cl)nc2ccccn12. The van der Waals surface area contributed by atoms with E-state index in [2.05, 4.69) is 9.71 Å². The van der Waals surface area contributed by atoms with Crippen LogP contribution in [0.4, 0.5) is 0 Å². The summed E-state index contributed by atoms with van der Waals surface area (Å²) in [6.45, 7) is 1.13. The monoisotopic (exact) mass is 315 g/mol. The van der Waals surface area contributed by atoms with Crippen molar-refractivity contribution in [2.24, 2.45) is 0 Å². The molecule has 0 aromatic carbocycles. The molecule has 0 amide bonds. The number of hydrogen-bond acceptors (Lipinski definition) is 4. The van der Waals surface area contributed by atoms with E-state index in [4.69, 9.17) is 16.3 Å². The van der Waals surface area contributed by atoms with Crippen molar-refractivity contribution < 1.29 is 13.2 Å². The van der Waals surface area contributed by atoms with E-state index in [1.807, 2.05) is 0 Å². The van der Waals surface area contributed by atoms with Gasteiger partial charge in [-0.05, 0) is 25.0 Å². The summed E-state index contributed by atoms with van der Waals surface area (Å²) < 4.78 is 34.4. The summed E-state index contributed by atoms with van der Waals surface area (Å²) in [4.78, 5) is 4.06. The highest BCUT2D eigenvalue weighted by atomic mass is 35.5. The zero-order valence-corrected chi connectivity index (χ0v) is 12.2. The molecule has 0 unspecified atom stereocenters. The lowest BCUT2D eigenvalue weighted by Gasteiger charge is -2.22. The molecule has 2 aromatic heterocycles. The van der Waals surface area contributed by atoms with Gasteiger partial charge in [0.2, 0.25) is 0 Å². The van der Waals surface area contributed by atoms with Crippen LogP contribution in [0.5, 0.6) is 0 Å². The molecule has 8 heteroatoms. The predicted molar refractivity (Wildman–Crippen MR) is 74.4 cm³/mol. The highest BCUT2D eigenvalue weighted by molar-refractivity contribution is 7.89. The second-order valence-electron chi connectivity index (χ2n) is 4.64. The zero-order valence-electron chi connectivity index (χ0n) is 10.6. The highest BCUT2D eigenvalue weighted by Crippen LogP contribution is 2.23. The summed E-state index contributed by atoms with van der Waals surface area (Å²) in [5, 5.41) is -0.0305. The number of sulfonamides is 1. The lowest BCUT2D eigenvalue weighted by molar-refractivity contribution is 0.0832. The van der Waals surface area contributed by atoms with E-state index < -0.39 is 10.0 Å².